The number of nitrogens with zero attached hydrogens (tertiary/aromatic N) is 2. The second-order valence-corrected chi connectivity index (χ2v) is 4.97. The molecule has 6 heteroatoms. The molecule has 0 saturated heterocycles. The Morgan fingerprint density at radius 2 is 1.73 bits per heavy atom. The average molecular weight is 428 g/mol. The Labute approximate surface area is 154 Å². The van der Waals surface area contributed by atoms with Crippen LogP contribution >= 0.6 is 24.0 Å². The quantitative estimate of drug-likeness (QED) is 0.205. The van der Waals surface area contributed by atoms with Crippen LogP contribution in [0.1, 0.15) is 47.0 Å². The molecule has 0 rings (SSSR count). The van der Waals surface area contributed by atoms with E-state index in [9.17, 15) is 0 Å². The Morgan fingerprint density at radius 1 is 1.00 bits per heavy atom. The van der Waals surface area contributed by atoms with E-state index in [0.29, 0.717) is 0 Å². The van der Waals surface area contributed by atoms with Crippen LogP contribution in [0.15, 0.2) is 4.99 Å². The maximum absolute atomic E-state index is 5.32. The number of nitrogens with one attached hydrogen (secondary N) is 2. The standard InChI is InChI=1S/C16H36N4O.HI/c1-5-17-16(19-13-11-15-21-8-4)18-12-9-10-14-20(6-2)7-3;/h5-15H2,1-4H3,(H2,17,18,19);1H. The highest BCUT2D eigenvalue weighted by molar-refractivity contribution is 14.0. The predicted octanol–water partition coefficient (Wildman–Crippen LogP) is 2.71. The number of ether oxygens (including phenoxy) is 1. The monoisotopic (exact) mass is 428 g/mol. The van der Waals surface area contributed by atoms with E-state index >= 15 is 0 Å². The van der Waals surface area contributed by atoms with Gasteiger partial charge in [-0.05, 0) is 52.7 Å². The van der Waals surface area contributed by atoms with Crippen molar-refractivity contribution in [2.45, 2.75) is 47.0 Å². The number of unbranched alkanes of at least 4 members (excludes halogenated alkanes) is 1. The van der Waals surface area contributed by atoms with Crippen molar-refractivity contribution in [3.05, 3.63) is 0 Å². The molecule has 5 nitrogen and oxygen atoms in total. The highest BCUT2D eigenvalue weighted by atomic mass is 127. The number of hydrogen-bond acceptors (Lipinski definition) is 3. The third-order valence-corrected chi connectivity index (χ3v) is 3.35. The second kappa shape index (κ2) is 19.0. The number of hydrogen-bond donors (Lipinski definition) is 2. The Morgan fingerprint density at radius 3 is 2.32 bits per heavy atom. The van der Waals surface area contributed by atoms with Gasteiger partial charge in [0.25, 0.3) is 0 Å². The van der Waals surface area contributed by atoms with Gasteiger partial charge in [-0.25, -0.2) is 0 Å². The van der Waals surface area contributed by atoms with Crippen LogP contribution in [0.2, 0.25) is 0 Å². The van der Waals surface area contributed by atoms with E-state index in [1.54, 1.807) is 0 Å². The fourth-order valence-electron chi connectivity index (χ4n) is 2.05. The normalized spacial score (nSPS) is 11.4. The first-order valence-electron chi connectivity index (χ1n) is 8.60. The first-order chi connectivity index (χ1) is 10.3. The van der Waals surface area contributed by atoms with Crippen molar-refractivity contribution >= 4 is 29.9 Å². The summed E-state index contributed by atoms with van der Waals surface area (Å²) < 4.78 is 5.32. The van der Waals surface area contributed by atoms with Crippen molar-refractivity contribution in [3.63, 3.8) is 0 Å². The molecule has 0 heterocycles. The van der Waals surface area contributed by atoms with Crippen LogP contribution in [0.3, 0.4) is 0 Å². The van der Waals surface area contributed by atoms with E-state index in [2.05, 4.69) is 41.3 Å². The fraction of sp³-hybridized carbons (Fsp3) is 0.938. The molecular formula is C16H37IN4O. The molecule has 0 unspecified atom stereocenters. The van der Waals surface area contributed by atoms with E-state index in [1.807, 2.05) is 6.92 Å². The van der Waals surface area contributed by atoms with Gasteiger partial charge in [-0.15, -0.1) is 24.0 Å². The number of halogens is 1. The lowest BCUT2D eigenvalue weighted by Gasteiger charge is -2.18. The van der Waals surface area contributed by atoms with E-state index in [4.69, 9.17) is 4.74 Å². The lowest BCUT2D eigenvalue weighted by atomic mass is 10.3. The first-order valence-corrected chi connectivity index (χ1v) is 8.60. The Hall–Kier alpha value is -0.0800. The molecule has 0 bridgehead atoms. The molecule has 0 saturated carbocycles. The SMILES string of the molecule is CCNC(=NCCCOCC)NCCCCN(CC)CC.I. The molecule has 0 radical (unpaired) electrons. The van der Waals surface area contributed by atoms with Gasteiger partial charge in [0.05, 0.1) is 0 Å². The van der Waals surface area contributed by atoms with E-state index in [1.165, 1.54) is 19.4 Å². The summed E-state index contributed by atoms with van der Waals surface area (Å²) in [6, 6.07) is 0. The molecule has 0 aromatic heterocycles. The van der Waals surface area contributed by atoms with Crippen LogP contribution in [0, 0.1) is 0 Å². The minimum atomic E-state index is 0. The van der Waals surface area contributed by atoms with Gasteiger partial charge in [0.1, 0.15) is 0 Å². The van der Waals surface area contributed by atoms with Crippen molar-refractivity contribution < 1.29 is 4.74 Å². The molecule has 0 atom stereocenters. The van der Waals surface area contributed by atoms with E-state index in [0.717, 1.165) is 58.3 Å². The van der Waals surface area contributed by atoms with E-state index in [-0.39, 0.29) is 24.0 Å². The van der Waals surface area contributed by atoms with Gasteiger partial charge in [-0.2, -0.15) is 0 Å². The van der Waals surface area contributed by atoms with Crippen molar-refractivity contribution in [3.8, 4) is 0 Å². The molecule has 0 aliphatic heterocycles. The summed E-state index contributed by atoms with van der Waals surface area (Å²) in [7, 11) is 0. The summed E-state index contributed by atoms with van der Waals surface area (Å²) in [5.41, 5.74) is 0. The highest BCUT2D eigenvalue weighted by Crippen LogP contribution is 1.94. The maximum atomic E-state index is 5.32. The largest absolute Gasteiger partial charge is 0.382 e. The average Bonchev–Trinajstić information content (AvgIpc) is 2.50. The zero-order valence-corrected chi connectivity index (χ0v) is 17.3. The van der Waals surface area contributed by atoms with Gasteiger partial charge in [0, 0.05) is 32.8 Å². The molecule has 134 valence electrons. The van der Waals surface area contributed by atoms with Gasteiger partial charge in [-0.3, -0.25) is 4.99 Å². The van der Waals surface area contributed by atoms with Crippen molar-refractivity contribution in [2.24, 2.45) is 4.99 Å². The van der Waals surface area contributed by atoms with Gasteiger partial charge in [-0.1, -0.05) is 13.8 Å². The summed E-state index contributed by atoms with van der Waals surface area (Å²) in [6.07, 6.45) is 3.39. The summed E-state index contributed by atoms with van der Waals surface area (Å²) in [4.78, 5) is 7.02. The molecule has 22 heavy (non-hydrogen) atoms. The van der Waals surface area contributed by atoms with Crippen LogP contribution in [-0.2, 0) is 4.74 Å². The smallest absolute Gasteiger partial charge is 0.191 e. The minimum absolute atomic E-state index is 0. The van der Waals surface area contributed by atoms with Crippen molar-refractivity contribution in [1.82, 2.24) is 15.5 Å². The lowest BCUT2D eigenvalue weighted by Crippen LogP contribution is -2.38. The number of guanidine groups is 1. The first kappa shape index (κ1) is 24.2. The van der Waals surface area contributed by atoms with Crippen LogP contribution in [-0.4, -0.2) is 63.3 Å². The van der Waals surface area contributed by atoms with Gasteiger partial charge >= 0.3 is 0 Å². The fourth-order valence-corrected chi connectivity index (χ4v) is 2.05. The van der Waals surface area contributed by atoms with E-state index < -0.39 is 0 Å². The maximum Gasteiger partial charge on any atom is 0.191 e. The number of aliphatic imine (C=N–C) groups is 1. The van der Waals surface area contributed by atoms with Crippen LogP contribution in [0.5, 0.6) is 0 Å². The minimum Gasteiger partial charge on any atom is -0.382 e. The third kappa shape index (κ3) is 14.8. The summed E-state index contributed by atoms with van der Waals surface area (Å²) >= 11 is 0. The van der Waals surface area contributed by atoms with Gasteiger partial charge < -0.3 is 20.3 Å². The zero-order valence-electron chi connectivity index (χ0n) is 15.0. The van der Waals surface area contributed by atoms with Crippen LogP contribution in [0.25, 0.3) is 0 Å². The predicted molar refractivity (Wildman–Crippen MR) is 108 cm³/mol. The highest BCUT2D eigenvalue weighted by Gasteiger charge is 1.99. The van der Waals surface area contributed by atoms with Gasteiger partial charge in [0.15, 0.2) is 5.96 Å². The van der Waals surface area contributed by atoms with Crippen molar-refractivity contribution in [2.75, 3.05) is 52.5 Å². The molecular weight excluding hydrogens is 391 g/mol. The molecule has 0 amide bonds. The summed E-state index contributed by atoms with van der Waals surface area (Å²) in [5, 5.41) is 6.68. The van der Waals surface area contributed by atoms with Crippen LogP contribution in [0.4, 0.5) is 0 Å². The Bertz CT molecular complexity index is 248. The van der Waals surface area contributed by atoms with Crippen LogP contribution < -0.4 is 10.6 Å². The zero-order chi connectivity index (χ0) is 15.8. The summed E-state index contributed by atoms with van der Waals surface area (Å²) in [6.45, 7) is 16.3. The summed E-state index contributed by atoms with van der Waals surface area (Å²) in [5.74, 6) is 0.928. The molecule has 0 spiro atoms. The molecule has 0 aliphatic carbocycles. The number of rotatable bonds is 13. The molecule has 0 fully saturated rings. The van der Waals surface area contributed by atoms with Gasteiger partial charge in [0.2, 0.25) is 0 Å². The van der Waals surface area contributed by atoms with Crippen molar-refractivity contribution in [1.29, 1.82) is 0 Å². The Kier molecular flexibility index (Phi) is 20.8. The second-order valence-electron chi connectivity index (χ2n) is 4.97. The molecule has 2 N–H and O–H groups in total. The lowest BCUT2D eigenvalue weighted by molar-refractivity contribution is 0.146. The molecule has 0 aromatic carbocycles. The molecule has 0 aromatic rings. The Balaban J connectivity index is 0. The molecule has 0 aliphatic rings. The topological polar surface area (TPSA) is 48.9 Å². The third-order valence-electron chi connectivity index (χ3n) is 3.35.